The van der Waals surface area contributed by atoms with E-state index in [1.807, 2.05) is 18.2 Å². The molecule has 0 atom stereocenters. The van der Waals surface area contributed by atoms with Gasteiger partial charge >= 0.3 is 5.76 Å². The Morgan fingerprint density at radius 2 is 1.66 bits per heavy atom. The zero-order valence-electron chi connectivity index (χ0n) is 16.0. The Morgan fingerprint density at radius 3 is 2.41 bits per heavy atom. The lowest BCUT2D eigenvalue weighted by atomic mass is 10.3. The molecule has 2 heterocycles. The van der Waals surface area contributed by atoms with Gasteiger partial charge in [-0.2, -0.15) is 0 Å². The van der Waals surface area contributed by atoms with Crippen molar-refractivity contribution in [2.45, 2.75) is 6.54 Å². The summed E-state index contributed by atoms with van der Waals surface area (Å²) in [5.41, 5.74) is 2.01. The number of hydrogen-bond donors (Lipinski definition) is 1. The molecule has 0 spiro atoms. The number of anilines is 1. The van der Waals surface area contributed by atoms with Crippen LogP contribution in [0.3, 0.4) is 0 Å². The average molecular weight is 398 g/mol. The van der Waals surface area contributed by atoms with Gasteiger partial charge in [0, 0.05) is 45.0 Å². The van der Waals surface area contributed by atoms with E-state index in [4.69, 9.17) is 4.42 Å². The number of carbonyl (C=O) groups is 1. The van der Waals surface area contributed by atoms with E-state index < -0.39 is 0 Å². The fraction of sp³-hybridized carbons (Fsp3) is 0.333. The van der Waals surface area contributed by atoms with Crippen molar-refractivity contribution in [1.29, 1.82) is 0 Å². The highest BCUT2D eigenvalue weighted by Crippen LogP contribution is 2.12. The monoisotopic (exact) mass is 398 g/mol. The average Bonchev–Trinajstić information content (AvgIpc) is 3.04. The van der Waals surface area contributed by atoms with Crippen LogP contribution in [0.4, 0.5) is 10.1 Å². The molecule has 152 valence electrons. The Kier molecular flexibility index (Phi) is 5.73. The SMILES string of the molecule is O=C(CN1CCN(CCn2c(=O)oc3ccccc32)CC1)Nc1ccc(F)cc1. The van der Waals surface area contributed by atoms with Crippen LogP contribution < -0.4 is 11.1 Å². The van der Waals surface area contributed by atoms with Gasteiger partial charge in [-0.25, -0.2) is 9.18 Å². The van der Waals surface area contributed by atoms with Gasteiger partial charge in [-0.1, -0.05) is 12.1 Å². The zero-order chi connectivity index (χ0) is 20.2. The van der Waals surface area contributed by atoms with Crippen molar-refractivity contribution < 1.29 is 13.6 Å². The molecule has 2 aromatic carbocycles. The summed E-state index contributed by atoms with van der Waals surface area (Å²) in [6.07, 6.45) is 0. The molecule has 0 bridgehead atoms. The number of rotatable bonds is 6. The van der Waals surface area contributed by atoms with E-state index in [1.54, 1.807) is 22.8 Å². The van der Waals surface area contributed by atoms with E-state index in [2.05, 4.69) is 15.1 Å². The van der Waals surface area contributed by atoms with Gasteiger partial charge in [0.1, 0.15) is 5.82 Å². The minimum Gasteiger partial charge on any atom is -0.408 e. The summed E-state index contributed by atoms with van der Waals surface area (Å²) in [5.74, 6) is -0.770. The predicted octanol–water partition coefficient (Wildman–Crippen LogP) is 1.99. The molecule has 1 N–H and O–H groups in total. The summed E-state index contributed by atoms with van der Waals surface area (Å²) < 4.78 is 19.9. The maximum absolute atomic E-state index is 12.9. The van der Waals surface area contributed by atoms with Gasteiger partial charge in [0.2, 0.25) is 5.91 Å². The fourth-order valence-electron chi connectivity index (χ4n) is 3.57. The van der Waals surface area contributed by atoms with Gasteiger partial charge in [0.15, 0.2) is 5.58 Å². The topological polar surface area (TPSA) is 70.7 Å². The lowest BCUT2D eigenvalue weighted by Gasteiger charge is -2.34. The lowest BCUT2D eigenvalue weighted by molar-refractivity contribution is -0.117. The Bertz CT molecular complexity index is 1040. The third-order valence-electron chi connectivity index (χ3n) is 5.17. The van der Waals surface area contributed by atoms with Gasteiger partial charge in [-0.3, -0.25) is 19.2 Å². The number of hydrogen-bond acceptors (Lipinski definition) is 5. The molecule has 0 aliphatic carbocycles. The summed E-state index contributed by atoms with van der Waals surface area (Å²) in [6.45, 7) is 4.83. The van der Waals surface area contributed by atoms with Crippen LogP contribution in [0.1, 0.15) is 0 Å². The Morgan fingerprint density at radius 1 is 0.966 bits per heavy atom. The first kappa shape index (κ1) is 19.4. The van der Waals surface area contributed by atoms with E-state index >= 15 is 0 Å². The number of nitrogens with one attached hydrogen (secondary N) is 1. The molecule has 1 amide bonds. The molecule has 1 aliphatic heterocycles. The van der Waals surface area contributed by atoms with E-state index in [1.165, 1.54) is 12.1 Å². The second kappa shape index (κ2) is 8.59. The number of aromatic nitrogens is 1. The highest BCUT2D eigenvalue weighted by Gasteiger charge is 2.19. The third kappa shape index (κ3) is 4.72. The lowest BCUT2D eigenvalue weighted by Crippen LogP contribution is -2.49. The molecule has 1 fully saturated rings. The van der Waals surface area contributed by atoms with Crippen LogP contribution in [0.5, 0.6) is 0 Å². The number of oxazole rings is 1. The number of benzene rings is 2. The van der Waals surface area contributed by atoms with Crippen LogP contribution >= 0.6 is 0 Å². The number of nitrogens with zero attached hydrogens (tertiary/aromatic N) is 3. The van der Waals surface area contributed by atoms with Gasteiger partial charge in [-0.15, -0.1) is 0 Å². The van der Waals surface area contributed by atoms with Crippen molar-refractivity contribution in [3.63, 3.8) is 0 Å². The van der Waals surface area contributed by atoms with E-state index in [0.29, 0.717) is 24.4 Å². The molecule has 7 nitrogen and oxygen atoms in total. The summed E-state index contributed by atoms with van der Waals surface area (Å²) >= 11 is 0. The minimum absolute atomic E-state index is 0.110. The highest BCUT2D eigenvalue weighted by molar-refractivity contribution is 5.92. The molecular formula is C21H23FN4O3. The van der Waals surface area contributed by atoms with Gasteiger partial charge < -0.3 is 9.73 Å². The Hall–Kier alpha value is -2.97. The standard InChI is InChI=1S/C21H23FN4O3/c22-16-5-7-17(8-6-16)23-20(27)15-25-11-9-24(10-12-25)13-14-26-18-3-1-2-4-19(18)29-21(26)28/h1-8H,9-15H2,(H,23,27). The van der Waals surface area contributed by atoms with Gasteiger partial charge in [0.05, 0.1) is 12.1 Å². The molecule has 1 aliphatic rings. The smallest absolute Gasteiger partial charge is 0.408 e. The van der Waals surface area contributed by atoms with Gasteiger partial charge in [-0.05, 0) is 36.4 Å². The molecule has 0 radical (unpaired) electrons. The van der Waals surface area contributed by atoms with Crippen LogP contribution in [0, 0.1) is 5.82 Å². The van der Waals surface area contributed by atoms with Crippen LogP contribution in [0.15, 0.2) is 57.7 Å². The molecule has 8 heteroatoms. The molecule has 1 saturated heterocycles. The molecule has 29 heavy (non-hydrogen) atoms. The number of piperazine rings is 1. The minimum atomic E-state index is -0.331. The Balaban J connectivity index is 1.24. The van der Waals surface area contributed by atoms with Crippen molar-refractivity contribution >= 4 is 22.7 Å². The second-order valence-corrected chi connectivity index (χ2v) is 7.16. The maximum atomic E-state index is 12.9. The number of para-hydroxylation sites is 2. The number of carbonyl (C=O) groups excluding carboxylic acids is 1. The van der Waals surface area contributed by atoms with Crippen molar-refractivity contribution in [3.05, 3.63) is 64.9 Å². The number of amides is 1. The first-order valence-electron chi connectivity index (χ1n) is 9.67. The number of halogens is 1. The summed E-state index contributed by atoms with van der Waals surface area (Å²) in [4.78, 5) is 28.6. The first-order valence-corrected chi connectivity index (χ1v) is 9.67. The summed E-state index contributed by atoms with van der Waals surface area (Å²) in [5, 5.41) is 2.79. The highest BCUT2D eigenvalue weighted by atomic mass is 19.1. The van der Waals surface area contributed by atoms with Crippen LogP contribution in [-0.2, 0) is 11.3 Å². The first-order chi connectivity index (χ1) is 14.1. The van der Waals surface area contributed by atoms with E-state index in [-0.39, 0.29) is 17.5 Å². The second-order valence-electron chi connectivity index (χ2n) is 7.16. The van der Waals surface area contributed by atoms with Crippen molar-refractivity contribution in [2.24, 2.45) is 0 Å². The van der Waals surface area contributed by atoms with Crippen molar-refractivity contribution in [3.8, 4) is 0 Å². The zero-order valence-corrected chi connectivity index (χ0v) is 16.0. The molecule has 3 aromatic rings. The van der Waals surface area contributed by atoms with E-state index in [9.17, 15) is 14.0 Å². The van der Waals surface area contributed by atoms with Gasteiger partial charge in [0.25, 0.3) is 0 Å². The molecular weight excluding hydrogens is 375 g/mol. The largest absolute Gasteiger partial charge is 0.419 e. The van der Waals surface area contributed by atoms with Crippen LogP contribution in [0.25, 0.3) is 11.1 Å². The molecule has 0 saturated carbocycles. The van der Waals surface area contributed by atoms with Crippen LogP contribution in [-0.4, -0.2) is 59.5 Å². The normalized spacial score (nSPS) is 15.6. The van der Waals surface area contributed by atoms with Crippen molar-refractivity contribution in [1.82, 2.24) is 14.4 Å². The maximum Gasteiger partial charge on any atom is 0.419 e. The Labute approximate surface area is 167 Å². The molecule has 4 rings (SSSR count). The number of fused-ring (bicyclic) bond motifs is 1. The molecule has 1 aromatic heterocycles. The fourth-order valence-corrected chi connectivity index (χ4v) is 3.57. The summed E-state index contributed by atoms with van der Waals surface area (Å²) in [6, 6.07) is 13.2. The quantitative estimate of drug-likeness (QED) is 0.688. The summed E-state index contributed by atoms with van der Waals surface area (Å²) in [7, 11) is 0. The third-order valence-corrected chi connectivity index (χ3v) is 5.17. The van der Waals surface area contributed by atoms with Crippen molar-refractivity contribution in [2.75, 3.05) is 44.6 Å². The van der Waals surface area contributed by atoms with Crippen LogP contribution in [0.2, 0.25) is 0 Å². The molecule has 0 unspecified atom stereocenters. The predicted molar refractivity (Wildman–Crippen MR) is 108 cm³/mol. The van der Waals surface area contributed by atoms with E-state index in [0.717, 1.165) is 38.2 Å².